The quantitative estimate of drug-likeness (QED) is 0.733. The Morgan fingerprint density at radius 1 is 1.43 bits per heavy atom. The molecule has 0 aliphatic carbocycles. The Kier molecular flexibility index (Phi) is 3.19. The minimum atomic E-state index is -0.874. The molecule has 14 heavy (non-hydrogen) atoms. The number of nitrogens with two attached hydrogens (primary N) is 1. The van der Waals surface area contributed by atoms with Gasteiger partial charge in [0.1, 0.15) is 5.82 Å². The fourth-order valence-electron chi connectivity index (χ4n) is 1.21. The van der Waals surface area contributed by atoms with Gasteiger partial charge in [0, 0.05) is 11.6 Å². The Bertz CT molecular complexity index is 352. The second-order valence-electron chi connectivity index (χ2n) is 2.92. The first-order chi connectivity index (χ1) is 6.57. The Morgan fingerprint density at radius 2 is 2.00 bits per heavy atom. The summed E-state index contributed by atoms with van der Waals surface area (Å²) in [5.41, 5.74) is 5.33. The molecule has 0 saturated heterocycles. The van der Waals surface area contributed by atoms with Gasteiger partial charge in [0.15, 0.2) is 11.6 Å². The molecular weight excluding hydrogens is 188 g/mol. The van der Waals surface area contributed by atoms with Gasteiger partial charge in [-0.05, 0) is 18.6 Å². The molecule has 1 atom stereocenters. The van der Waals surface area contributed by atoms with E-state index in [9.17, 15) is 13.9 Å². The third kappa shape index (κ3) is 1.90. The van der Waals surface area contributed by atoms with Crippen molar-refractivity contribution in [3.63, 3.8) is 0 Å². The van der Waals surface area contributed by atoms with E-state index in [1.807, 2.05) is 0 Å². The molecule has 1 rings (SSSR count). The van der Waals surface area contributed by atoms with Crippen LogP contribution in [0.5, 0.6) is 5.75 Å². The van der Waals surface area contributed by atoms with Gasteiger partial charge in [0.25, 0.3) is 0 Å². The van der Waals surface area contributed by atoms with Gasteiger partial charge in [-0.1, -0.05) is 6.08 Å². The first-order valence-electron chi connectivity index (χ1n) is 4.11. The Hall–Kier alpha value is -1.42. The summed E-state index contributed by atoms with van der Waals surface area (Å²) < 4.78 is 26.0. The van der Waals surface area contributed by atoms with Gasteiger partial charge in [0.2, 0.25) is 0 Å². The average molecular weight is 199 g/mol. The van der Waals surface area contributed by atoms with Crippen LogP contribution in [0, 0.1) is 11.6 Å². The fraction of sp³-hybridized carbons (Fsp3) is 0.200. The molecule has 0 aliphatic heterocycles. The van der Waals surface area contributed by atoms with Crippen molar-refractivity contribution in [3.8, 4) is 5.75 Å². The lowest BCUT2D eigenvalue weighted by atomic mass is 10.0. The van der Waals surface area contributed by atoms with Gasteiger partial charge in [-0.25, -0.2) is 8.78 Å². The Labute approximate surface area is 80.7 Å². The van der Waals surface area contributed by atoms with Gasteiger partial charge in [-0.3, -0.25) is 0 Å². The summed E-state index contributed by atoms with van der Waals surface area (Å²) in [6.45, 7) is 3.43. The van der Waals surface area contributed by atoms with Gasteiger partial charge in [0.05, 0.1) is 0 Å². The third-order valence-electron chi connectivity index (χ3n) is 1.91. The van der Waals surface area contributed by atoms with Crippen LogP contribution in [0.4, 0.5) is 8.78 Å². The minimum Gasteiger partial charge on any atom is -0.505 e. The number of phenolic OH excluding ortho intramolecular Hbond substituents is 1. The SMILES string of the molecule is C=CC[C@@H](N)c1c(F)ccc(F)c1O. The second kappa shape index (κ2) is 4.19. The van der Waals surface area contributed by atoms with E-state index in [2.05, 4.69) is 6.58 Å². The first-order valence-corrected chi connectivity index (χ1v) is 4.11. The summed E-state index contributed by atoms with van der Waals surface area (Å²) in [5, 5.41) is 9.25. The summed E-state index contributed by atoms with van der Waals surface area (Å²) in [6.07, 6.45) is 1.75. The molecule has 0 spiro atoms. The number of phenols is 1. The minimum absolute atomic E-state index is 0.204. The van der Waals surface area contributed by atoms with E-state index in [4.69, 9.17) is 5.73 Å². The largest absolute Gasteiger partial charge is 0.505 e. The molecule has 0 aromatic heterocycles. The summed E-state index contributed by atoms with van der Waals surface area (Å²) >= 11 is 0. The van der Waals surface area contributed by atoms with Crippen LogP contribution in [-0.2, 0) is 0 Å². The van der Waals surface area contributed by atoms with Crippen molar-refractivity contribution in [1.29, 1.82) is 0 Å². The standard InChI is InChI=1S/C10H11F2NO/c1-2-3-8(13)9-6(11)4-5-7(12)10(9)14/h2,4-5,8,14H,1,3,13H2/t8-/m1/s1. The number of hydrogen-bond donors (Lipinski definition) is 2. The number of hydrogen-bond acceptors (Lipinski definition) is 2. The zero-order chi connectivity index (χ0) is 10.7. The molecule has 0 unspecified atom stereocenters. The average Bonchev–Trinajstić information content (AvgIpc) is 2.13. The van der Waals surface area contributed by atoms with Crippen LogP contribution in [0.1, 0.15) is 18.0 Å². The van der Waals surface area contributed by atoms with E-state index >= 15 is 0 Å². The lowest BCUT2D eigenvalue weighted by Crippen LogP contribution is -2.12. The molecule has 0 aliphatic rings. The van der Waals surface area contributed by atoms with Crippen molar-refractivity contribution < 1.29 is 13.9 Å². The summed E-state index contributed by atoms with van der Waals surface area (Å²) in [5.74, 6) is -2.31. The smallest absolute Gasteiger partial charge is 0.165 e. The molecule has 0 amide bonds. The van der Waals surface area contributed by atoms with Crippen LogP contribution in [0.2, 0.25) is 0 Å². The predicted molar refractivity (Wildman–Crippen MR) is 49.8 cm³/mol. The van der Waals surface area contributed by atoms with Crippen molar-refractivity contribution in [2.45, 2.75) is 12.5 Å². The molecule has 1 aromatic rings. The molecule has 76 valence electrons. The maximum atomic E-state index is 13.2. The van der Waals surface area contributed by atoms with Crippen molar-refractivity contribution in [2.75, 3.05) is 0 Å². The van der Waals surface area contributed by atoms with Crippen molar-refractivity contribution >= 4 is 0 Å². The second-order valence-corrected chi connectivity index (χ2v) is 2.92. The molecular formula is C10H11F2NO. The molecule has 0 radical (unpaired) electrons. The highest BCUT2D eigenvalue weighted by Crippen LogP contribution is 2.29. The lowest BCUT2D eigenvalue weighted by molar-refractivity contribution is 0.410. The van der Waals surface area contributed by atoms with Gasteiger partial charge >= 0.3 is 0 Å². The van der Waals surface area contributed by atoms with E-state index in [-0.39, 0.29) is 12.0 Å². The molecule has 3 N–H and O–H groups in total. The number of benzene rings is 1. The van der Waals surface area contributed by atoms with E-state index in [0.717, 1.165) is 12.1 Å². The number of rotatable bonds is 3. The van der Waals surface area contributed by atoms with E-state index in [0.29, 0.717) is 0 Å². The lowest BCUT2D eigenvalue weighted by Gasteiger charge is -2.12. The molecule has 2 nitrogen and oxygen atoms in total. The molecule has 0 heterocycles. The summed E-state index contributed by atoms with van der Waals surface area (Å²) in [4.78, 5) is 0. The highest BCUT2D eigenvalue weighted by atomic mass is 19.1. The molecule has 0 bridgehead atoms. The van der Waals surface area contributed by atoms with Crippen LogP contribution in [0.3, 0.4) is 0 Å². The molecule has 4 heteroatoms. The molecule has 0 saturated carbocycles. The van der Waals surface area contributed by atoms with Crippen LogP contribution < -0.4 is 5.73 Å². The predicted octanol–water partition coefficient (Wildman–Crippen LogP) is 2.25. The van der Waals surface area contributed by atoms with Gasteiger partial charge < -0.3 is 10.8 Å². The summed E-state index contributed by atoms with van der Waals surface area (Å²) in [7, 11) is 0. The molecule has 1 aromatic carbocycles. The van der Waals surface area contributed by atoms with Crippen LogP contribution in [-0.4, -0.2) is 5.11 Å². The zero-order valence-electron chi connectivity index (χ0n) is 7.50. The first kappa shape index (κ1) is 10.7. The maximum Gasteiger partial charge on any atom is 0.165 e. The highest BCUT2D eigenvalue weighted by Gasteiger charge is 2.18. The van der Waals surface area contributed by atoms with E-state index < -0.39 is 23.4 Å². The van der Waals surface area contributed by atoms with E-state index in [1.165, 1.54) is 6.08 Å². The van der Waals surface area contributed by atoms with Crippen LogP contribution in [0.25, 0.3) is 0 Å². The third-order valence-corrected chi connectivity index (χ3v) is 1.91. The Balaban J connectivity index is 3.17. The van der Waals surface area contributed by atoms with Gasteiger partial charge in [-0.2, -0.15) is 0 Å². The monoisotopic (exact) mass is 199 g/mol. The maximum absolute atomic E-state index is 13.2. The normalized spacial score (nSPS) is 12.5. The zero-order valence-corrected chi connectivity index (χ0v) is 7.50. The highest BCUT2D eigenvalue weighted by molar-refractivity contribution is 5.37. The molecule has 0 fully saturated rings. The van der Waals surface area contributed by atoms with Gasteiger partial charge in [-0.15, -0.1) is 6.58 Å². The van der Waals surface area contributed by atoms with Crippen LogP contribution >= 0.6 is 0 Å². The fourth-order valence-corrected chi connectivity index (χ4v) is 1.21. The topological polar surface area (TPSA) is 46.2 Å². The number of halogens is 2. The number of aromatic hydroxyl groups is 1. The van der Waals surface area contributed by atoms with Crippen LogP contribution in [0.15, 0.2) is 24.8 Å². The Morgan fingerprint density at radius 3 is 2.57 bits per heavy atom. The summed E-state index contributed by atoms with van der Waals surface area (Å²) in [6, 6.07) is 1.02. The van der Waals surface area contributed by atoms with Crippen molar-refractivity contribution in [2.24, 2.45) is 5.73 Å². The van der Waals surface area contributed by atoms with Crippen molar-refractivity contribution in [1.82, 2.24) is 0 Å². The van der Waals surface area contributed by atoms with E-state index in [1.54, 1.807) is 0 Å². The van der Waals surface area contributed by atoms with Crippen molar-refractivity contribution in [3.05, 3.63) is 42.0 Å².